The predicted molar refractivity (Wildman–Crippen MR) is 64.4 cm³/mol. The molecule has 0 aliphatic carbocycles. The van der Waals surface area contributed by atoms with Crippen molar-refractivity contribution < 1.29 is 14.3 Å². The van der Waals surface area contributed by atoms with E-state index < -0.39 is 6.09 Å². The van der Waals surface area contributed by atoms with Crippen molar-refractivity contribution in [2.75, 3.05) is 11.9 Å². The highest BCUT2D eigenvalue weighted by molar-refractivity contribution is 9.09. The third-order valence-corrected chi connectivity index (χ3v) is 3.33. The Morgan fingerprint density at radius 2 is 2.19 bits per heavy atom. The molecule has 0 radical (unpaired) electrons. The Bertz CT molecular complexity index is 280. The summed E-state index contributed by atoms with van der Waals surface area (Å²) in [5.74, 6) is -0.0431. The highest BCUT2D eigenvalue weighted by Gasteiger charge is 2.40. The first-order valence-corrected chi connectivity index (χ1v) is 6.67. The van der Waals surface area contributed by atoms with E-state index in [1.165, 1.54) is 4.90 Å². The van der Waals surface area contributed by atoms with Crippen LogP contribution in [0, 0.1) is 11.8 Å². The van der Waals surface area contributed by atoms with Gasteiger partial charge in [-0.15, -0.1) is 0 Å². The molecule has 1 rings (SSSR count). The molecule has 2 atom stereocenters. The average molecular weight is 292 g/mol. The summed E-state index contributed by atoms with van der Waals surface area (Å²) in [6.45, 7) is 6.14. The van der Waals surface area contributed by atoms with Crippen molar-refractivity contribution in [1.29, 1.82) is 0 Å². The molecule has 1 aliphatic heterocycles. The number of cyclic esters (lactones) is 1. The van der Waals surface area contributed by atoms with Gasteiger partial charge in [0.1, 0.15) is 6.61 Å². The zero-order valence-electron chi connectivity index (χ0n) is 9.90. The van der Waals surface area contributed by atoms with Gasteiger partial charge in [0, 0.05) is 11.2 Å². The maximum Gasteiger partial charge on any atom is 0.416 e. The minimum Gasteiger partial charge on any atom is -0.447 e. The summed E-state index contributed by atoms with van der Waals surface area (Å²) in [4.78, 5) is 24.9. The minimum atomic E-state index is -0.495. The Hall–Kier alpha value is -0.580. The van der Waals surface area contributed by atoms with Crippen LogP contribution < -0.4 is 0 Å². The third-order valence-electron chi connectivity index (χ3n) is 2.88. The van der Waals surface area contributed by atoms with Crippen molar-refractivity contribution in [3.63, 3.8) is 0 Å². The highest BCUT2D eigenvalue weighted by atomic mass is 79.9. The largest absolute Gasteiger partial charge is 0.447 e. The van der Waals surface area contributed by atoms with Crippen molar-refractivity contribution in [2.45, 2.75) is 33.2 Å². The SMILES string of the molecule is CC(C)[C@H]1COC(=O)N1C(=O)[C@@H](C)CCBr. The molecule has 92 valence electrons. The van der Waals surface area contributed by atoms with Gasteiger partial charge in [-0.3, -0.25) is 4.79 Å². The number of ether oxygens (including phenoxy) is 1. The number of halogens is 1. The molecule has 0 N–H and O–H groups in total. The number of alkyl halides is 1. The van der Waals surface area contributed by atoms with Crippen LogP contribution in [0.25, 0.3) is 0 Å². The zero-order chi connectivity index (χ0) is 12.3. The number of hydrogen-bond donors (Lipinski definition) is 0. The smallest absolute Gasteiger partial charge is 0.416 e. The zero-order valence-corrected chi connectivity index (χ0v) is 11.5. The summed E-state index contributed by atoms with van der Waals surface area (Å²) in [6, 6.07) is -0.113. The van der Waals surface area contributed by atoms with Crippen molar-refractivity contribution in [3.8, 4) is 0 Å². The van der Waals surface area contributed by atoms with Crippen molar-refractivity contribution in [3.05, 3.63) is 0 Å². The van der Waals surface area contributed by atoms with E-state index in [2.05, 4.69) is 15.9 Å². The number of imide groups is 1. The summed E-state index contributed by atoms with van der Waals surface area (Å²) >= 11 is 3.30. The van der Waals surface area contributed by atoms with Crippen molar-refractivity contribution in [1.82, 2.24) is 4.90 Å². The van der Waals surface area contributed by atoms with Crippen LogP contribution >= 0.6 is 15.9 Å². The van der Waals surface area contributed by atoms with E-state index in [0.29, 0.717) is 6.61 Å². The van der Waals surface area contributed by atoms with E-state index in [0.717, 1.165) is 11.8 Å². The number of nitrogens with zero attached hydrogens (tertiary/aromatic N) is 1. The topological polar surface area (TPSA) is 46.6 Å². The summed E-state index contributed by atoms with van der Waals surface area (Å²) in [6.07, 6.45) is 0.234. The first-order chi connectivity index (χ1) is 7.49. The van der Waals surface area contributed by atoms with E-state index in [-0.39, 0.29) is 23.8 Å². The summed E-state index contributed by atoms with van der Waals surface area (Å²) in [7, 11) is 0. The van der Waals surface area contributed by atoms with Crippen LogP contribution in [0.5, 0.6) is 0 Å². The van der Waals surface area contributed by atoms with E-state index in [1.807, 2.05) is 20.8 Å². The van der Waals surface area contributed by atoms with Crippen LogP contribution in [0.1, 0.15) is 27.2 Å². The first-order valence-electron chi connectivity index (χ1n) is 5.54. The van der Waals surface area contributed by atoms with Gasteiger partial charge in [0.25, 0.3) is 0 Å². The second-order valence-corrected chi connectivity index (χ2v) is 5.27. The summed E-state index contributed by atoms with van der Waals surface area (Å²) in [5, 5.41) is 0.759. The van der Waals surface area contributed by atoms with Gasteiger partial charge in [0.05, 0.1) is 6.04 Å². The van der Waals surface area contributed by atoms with Gasteiger partial charge in [-0.2, -0.15) is 0 Å². The van der Waals surface area contributed by atoms with Crippen LogP contribution in [0.4, 0.5) is 4.79 Å². The Labute approximate surface area is 104 Å². The minimum absolute atomic E-state index is 0.113. The number of carbonyl (C=O) groups excluding carboxylic acids is 2. The highest BCUT2D eigenvalue weighted by Crippen LogP contribution is 2.22. The molecule has 2 amide bonds. The molecule has 0 spiro atoms. The fourth-order valence-corrected chi connectivity index (χ4v) is 2.39. The molecule has 1 saturated heterocycles. The normalized spacial score (nSPS) is 22.4. The fourth-order valence-electron chi connectivity index (χ4n) is 1.70. The second kappa shape index (κ2) is 5.66. The summed E-state index contributed by atoms with van der Waals surface area (Å²) < 4.78 is 4.94. The molecule has 0 aromatic carbocycles. The molecule has 0 saturated carbocycles. The maximum absolute atomic E-state index is 12.1. The molecule has 1 heterocycles. The Kier molecular flexibility index (Phi) is 4.77. The molecule has 0 aromatic rings. The number of rotatable bonds is 4. The Balaban J connectivity index is 2.75. The molecule has 1 aliphatic rings. The molecule has 5 heteroatoms. The van der Waals surface area contributed by atoms with Crippen molar-refractivity contribution >= 4 is 27.9 Å². The molecular formula is C11H18BrNO3. The number of amides is 2. The van der Waals surface area contributed by atoms with E-state index in [4.69, 9.17) is 4.74 Å². The standard InChI is InChI=1S/C11H18BrNO3/c1-7(2)9-6-16-11(15)13(9)10(14)8(3)4-5-12/h7-9H,4-6H2,1-3H3/t8-,9+/m0/s1. The lowest BCUT2D eigenvalue weighted by molar-refractivity contribution is -0.133. The van der Waals surface area contributed by atoms with Crippen LogP contribution in [-0.2, 0) is 9.53 Å². The maximum atomic E-state index is 12.1. The molecule has 1 fully saturated rings. The lowest BCUT2D eigenvalue weighted by atomic mass is 10.0. The lowest BCUT2D eigenvalue weighted by Gasteiger charge is -2.24. The Morgan fingerprint density at radius 3 is 2.69 bits per heavy atom. The first kappa shape index (κ1) is 13.5. The van der Waals surface area contributed by atoms with E-state index >= 15 is 0 Å². The average Bonchev–Trinajstić information content (AvgIpc) is 2.59. The van der Waals surface area contributed by atoms with Crippen LogP contribution in [0.2, 0.25) is 0 Å². The second-order valence-electron chi connectivity index (χ2n) is 4.48. The quantitative estimate of drug-likeness (QED) is 0.748. The van der Waals surface area contributed by atoms with Crippen LogP contribution in [-0.4, -0.2) is 34.9 Å². The van der Waals surface area contributed by atoms with E-state index in [1.54, 1.807) is 0 Å². The fraction of sp³-hybridized carbons (Fsp3) is 0.818. The van der Waals surface area contributed by atoms with Crippen molar-refractivity contribution in [2.24, 2.45) is 11.8 Å². The molecule has 0 aromatic heterocycles. The number of carbonyl (C=O) groups is 2. The molecule has 4 nitrogen and oxygen atoms in total. The van der Waals surface area contributed by atoms with Gasteiger partial charge in [0.2, 0.25) is 5.91 Å². The molecule has 0 unspecified atom stereocenters. The number of hydrogen-bond acceptors (Lipinski definition) is 3. The molecule has 16 heavy (non-hydrogen) atoms. The van der Waals surface area contributed by atoms with Gasteiger partial charge >= 0.3 is 6.09 Å². The summed E-state index contributed by atoms with van der Waals surface area (Å²) in [5.41, 5.74) is 0. The van der Waals surface area contributed by atoms with Gasteiger partial charge in [-0.1, -0.05) is 36.7 Å². The van der Waals surface area contributed by atoms with E-state index in [9.17, 15) is 9.59 Å². The van der Waals surface area contributed by atoms with Gasteiger partial charge in [-0.05, 0) is 12.3 Å². The predicted octanol–water partition coefficient (Wildman–Crippen LogP) is 2.41. The third kappa shape index (κ3) is 2.75. The van der Waals surface area contributed by atoms with Crippen LogP contribution in [0.15, 0.2) is 0 Å². The lowest BCUT2D eigenvalue weighted by Crippen LogP contribution is -2.44. The van der Waals surface area contributed by atoms with Gasteiger partial charge in [0.15, 0.2) is 0 Å². The van der Waals surface area contributed by atoms with Crippen LogP contribution in [0.3, 0.4) is 0 Å². The van der Waals surface area contributed by atoms with Gasteiger partial charge < -0.3 is 4.74 Å². The Morgan fingerprint density at radius 1 is 1.56 bits per heavy atom. The molecular weight excluding hydrogens is 274 g/mol. The monoisotopic (exact) mass is 291 g/mol. The molecule has 0 bridgehead atoms. The van der Waals surface area contributed by atoms with Gasteiger partial charge in [-0.25, -0.2) is 9.69 Å².